The lowest BCUT2D eigenvalue weighted by Gasteiger charge is -2.34. The molecule has 0 aliphatic heterocycles. The summed E-state index contributed by atoms with van der Waals surface area (Å²) in [7, 11) is 0. The molecule has 9 rings (SSSR count). The smallest absolute Gasteiger partial charge is 0.136 e. The van der Waals surface area contributed by atoms with Crippen molar-refractivity contribution < 1.29 is 4.42 Å². The van der Waals surface area contributed by atoms with Crippen LogP contribution in [-0.4, -0.2) is 0 Å². The van der Waals surface area contributed by atoms with Gasteiger partial charge < -0.3 is 4.42 Å². The highest BCUT2D eigenvalue weighted by atomic mass is 32.1. The zero-order valence-corrected chi connectivity index (χ0v) is 25.9. The van der Waals surface area contributed by atoms with Gasteiger partial charge in [-0.1, -0.05) is 100 Å². The summed E-state index contributed by atoms with van der Waals surface area (Å²) < 4.78 is 9.16. The topological polar surface area (TPSA) is 13.1 Å². The number of hydrogen-bond acceptors (Lipinski definition) is 2. The zero-order valence-electron chi connectivity index (χ0n) is 25.1. The normalized spacial score (nSPS) is 16.9. The summed E-state index contributed by atoms with van der Waals surface area (Å²) in [6.45, 7) is 9.80. The average molecular weight is 575 g/mol. The minimum Gasteiger partial charge on any atom is -0.456 e. The maximum Gasteiger partial charge on any atom is 0.136 e. The number of hydrogen-bond donors (Lipinski definition) is 0. The van der Waals surface area contributed by atoms with Gasteiger partial charge in [-0.3, -0.25) is 0 Å². The third kappa shape index (κ3) is 3.63. The minimum absolute atomic E-state index is 0.322. The minimum atomic E-state index is 0.322. The number of rotatable bonds is 2. The Morgan fingerprint density at radius 3 is 2.02 bits per heavy atom. The Bertz CT molecular complexity index is 2400. The fourth-order valence-electron chi connectivity index (χ4n) is 8.01. The van der Waals surface area contributed by atoms with Gasteiger partial charge in [0.05, 0.1) is 0 Å². The Morgan fingerprint density at radius 1 is 0.558 bits per heavy atom. The second-order valence-electron chi connectivity index (χ2n) is 14.0. The molecule has 0 atom stereocenters. The summed E-state index contributed by atoms with van der Waals surface area (Å²) >= 11 is 1.86. The highest BCUT2D eigenvalue weighted by Gasteiger charge is 2.46. The summed E-state index contributed by atoms with van der Waals surface area (Å²) in [5.41, 5.74) is 6.58. The first-order chi connectivity index (χ1) is 20.8. The summed E-state index contributed by atoms with van der Waals surface area (Å²) in [6.07, 6.45) is 2.45. The predicted octanol–water partition coefficient (Wildman–Crippen LogP) is 12.9. The SMILES string of the molecule is CC1(C)CC(c2cccc3c(-c4cccc5oc6cc7sc8cc9ccccc9cc8c7cc6c45)cccc23)CC1(C)C. The van der Waals surface area contributed by atoms with E-state index < -0.39 is 0 Å². The lowest BCUT2D eigenvalue weighted by Crippen LogP contribution is -2.25. The van der Waals surface area contributed by atoms with Crippen molar-refractivity contribution in [2.45, 2.75) is 46.5 Å². The van der Waals surface area contributed by atoms with Gasteiger partial charge in [0.1, 0.15) is 11.2 Å². The summed E-state index contributed by atoms with van der Waals surface area (Å²) in [6, 6.07) is 38.4. The number of fused-ring (bicyclic) bond motifs is 8. The van der Waals surface area contributed by atoms with Crippen LogP contribution in [0.2, 0.25) is 0 Å². The van der Waals surface area contributed by atoms with E-state index in [2.05, 4.69) is 131 Å². The van der Waals surface area contributed by atoms with Crippen LogP contribution in [-0.2, 0) is 0 Å². The molecule has 0 saturated heterocycles. The summed E-state index contributed by atoms with van der Waals surface area (Å²) in [5.74, 6) is 0.575. The van der Waals surface area contributed by atoms with Gasteiger partial charge in [0.2, 0.25) is 0 Å². The molecule has 6 aromatic carbocycles. The monoisotopic (exact) mass is 574 g/mol. The molecule has 2 heterocycles. The molecule has 0 bridgehead atoms. The van der Waals surface area contributed by atoms with Gasteiger partial charge in [-0.25, -0.2) is 0 Å². The van der Waals surface area contributed by atoms with Crippen LogP contribution in [0.15, 0.2) is 108 Å². The molecule has 2 aromatic heterocycles. The maximum atomic E-state index is 6.57. The average Bonchev–Trinajstić information content (AvgIpc) is 3.60. The second-order valence-corrected chi connectivity index (χ2v) is 15.1. The maximum absolute atomic E-state index is 6.57. The molecule has 2 heteroatoms. The van der Waals surface area contributed by atoms with Gasteiger partial charge in [0.15, 0.2) is 0 Å². The number of benzene rings is 6. The molecule has 0 amide bonds. The lowest BCUT2D eigenvalue weighted by molar-refractivity contribution is 0.157. The van der Waals surface area contributed by atoms with E-state index in [4.69, 9.17) is 4.42 Å². The first-order valence-corrected chi connectivity index (χ1v) is 16.3. The van der Waals surface area contributed by atoms with Crippen molar-refractivity contribution in [3.8, 4) is 11.1 Å². The van der Waals surface area contributed by atoms with Crippen molar-refractivity contribution >= 4 is 75.0 Å². The first kappa shape index (κ1) is 25.4. The Labute approximate surface area is 255 Å². The molecule has 0 radical (unpaired) electrons. The van der Waals surface area contributed by atoms with Crippen LogP contribution in [0.5, 0.6) is 0 Å². The van der Waals surface area contributed by atoms with Gasteiger partial charge in [0.25, 0.3) is 0 Å². The van der Waals surface area contributed by atoms with Gasteiger partial charge in [0, 0.05) is 30.9 Å². The van der Waals surface area contributed by atoms with Gasteiger partial charge in [-0.2, -0.15) is 0 Å². The van der Waals surface area contributed by atoms with Crippen molar-refractivity contribution in [2.24, 2.45) is 10.8 Å². The van der Waals surface area contributed by atoms with Crippen molar-refractivity contribution in [2.75, 3.05) is 0 Å². The lowest BCUT2D eigenvalue weighted by atomic mass is 9.71. The highest BCUT2D eigenvalue weighted by Crippen LogP contribution is 2.58. The molecule has 1 saturated carbocycles. The molecule has 0 N–H and O–H groups in total. The van der Waals surface area contributed by atoms with Crippen LogP contribution in [0.3, 0.4) is 0 Å². The first-order valence-electron chi connectivity index (χ1n) is 15.5. The molecule has 1 aliphatic rings. The van der Waals surface area contributed by atoms with Crippen LogP contribution < -0.4 is 0 Å². The van der Waals surface area contributed by atoms with Gasteiger partial charge >= 0.3 is 0 Å². The third-order valence-corrected chi connectivity index (χ3v) is 12.1. The predicted molar refractivity (Wildman–Crippen MR) is 187 cm³/mol. The van der Waals surface area contributed by atoms with E-state index in [0.717, 1.165) is 11.2 Å². The van der Waals surface area contributed by atoms with Crippen LogP contribution >= 0.6 is 11.3 Å². The largest absolute Gasteiger partial charge is 0.456 e. The van der Waals surface area contributed by atoms with Crippen LogP contribution in [0.4, 0.5) is 0 Å². The fraction of sp³-hybridized carbons (Fsp3) is 0.220. The number of thiophene rings is 1. The molecule has 8 aromatic rings. The van der Waals surface area contributed by atoms with Crippen molar-refractivity contribution in [1.82, 2.24) is 0 Å². The zero-order chi connectivity index (χ0) is 29.1. The molecule has 1 aliphatic carbocycles. The number of furan rings is 1. The van der Waals surface area contributed by atoms with Crippen molar-refractivity contribution in [3.63, 3.8) is 0 Å². The molecule has 0 spiro atoms. The third-order valence-electron chi connectivity index (χ3n) is 11.0. The molecule has 1 nitrogen and oxygen atoms in total. The Kier molecular flexibility index (Phi) is 5.14. The molecule has 0 unspecified atom stereocenters. The van der Waals surface area contributed by atoms with Crippen molar-refractivity contribution in [3.05, 3.63) is 109 Å². The molecule has 43 heavy (non-hydrogen) atoms. The van der Waals surface area contributed by atoms with E-state index in [1.54, 1.807) is 0 Å². The van der Waals surface area contributed by atoms with E-state index in [-0.39, 0.29) is 0 Å². The van der Waals surface area contributed by atoms with E-state index >= 15 is 0 Å². The van der Waals surface area contributed by atoms with Crippen molar-refractivity contribution in [1.29, 1.82) is 0 Å². The Balaban J connectivity index is 1.28. The fourth-order valence-corrected chi connectivity index (χ4v) is 9.15. The molecule has 210 valence electrons. The molecule has 1 fully saturated rings. The molecular weight excluding hydrogens is 541 g/mol. The quantitative estimate of drug-likeness (QED) is 0.200. The Hall–Kier alpha value is -4.14. The summed E-state index contributed by atoms with van der Waals surface area (Å²) in [5, 5.41) is 10.3. The van der Waals surface area contributed by atoms with Crippen LogP contribution in [0.1, 0.15) is 52.0 Å². The van der Waals surface area contributed by atoms with E-state index in [1.165, 1.54) is 82.0 Å². The highest BCUT2D eigenvalue weighted by molar-refractivity contribution is 7.26. The van der Waals surface area contributed by atoms with Gasteiger partial charge in [-0.05, 0) is 98.2 Å². The summed E-state index contributed by atoms with van der Waals surface area (Å²) in [4.78, 5) is 0. The van der Waals surface area contributed by atoms with E-state index in [1.807, 2.05) is 11.3 Å². The second kappa shape index (κ2) is 8.71. The van der Waals surface area contributed by atoms with Gasteiger partial charge in [-0.15, -0.1) is 11.3 Å². The van der Waals surface area contributed by atoms with E-state index in [0.29, 0.717) is 16.7 Å². The standard InChI is InChI=1S/C41H34OS/c1-40(2)22-26(23-41(40,3)4)27-12-7-14-29-28(27)13-8-15-30(29)31-16-9-17-35-39(31)34-20-33-32-18-24-10-5-6-11-25(24)19-37(32)43-38(33)21-36(34)42-35/h5-21,26H,22-23H2,1-4H3. The van der Waals surface area contributed by atoms with Crippen LogP contribution in [0.25, 0.3) is 74.8 Å². The Morgan fingerprint density at radius 2 is 1.21 bits per heavy atom. The van der Waals surface area contributed by atoms with E-state index in [9.17, 15) is 0 Å². The molecular formula is C41H34OS. The van der Waals surface area contributed by atoms with Crippen LogP contribution in [0, 0.1) is 10.8 Å².